The van der Waals surface area contributed by atoms with E-state index in [0.717, 1.165) is 16.8 Å². The Morgan fingerprint density at radius 2 is 1.64 bits per heavy atom. The number of hydrogen-bond donors (Lipinski definition) is 1. The number of para-hydroxylation sites is 1. The minimum absolute atomic E-state index is 0.0388. The molecule has 6 nitrogen and oxygen atoms in total. The zero-order valence-corrected chi connectivity index (χ0v) is 19.6. The van der Waals surface area contributed by atoms with E-state index in [0.29, 0.717) is 24.0 Å². The number of benzene rings is 2. The number of amides is 1. The second-order valence-corrected chi connectivity index (χ2v) is 8.51. The van der Waals surface area contributed by atoms with Gasteiger partial charge in [0, 0.05) is 23.3 Å². The number of fused-ring (bicyclic) bond motifs is 1. The molecule has 0 fully saturated rings. The summed E-state index contributed by atoms with van der Waals surface area (Å²) in [5.74, 6) is 0.170. The molecular weight excluding hydrogens is 412 g/mol. The average molecular weight is 443 g/mol. The Labute approximate surface area is 193 Å². The van der Waals surface area contributed by atoms with E-state index in [1.807, 2.05) is 73.9 Å². The highest BCUT2D eigenvalue weighted by molar-refractivity contribution is 5.89. The fourth-order valence-corrected chi connectivity index (χ4v) is 4.56. The van der Waals surface area contributed by atoms with Crippen LogP contribution in [-0.2, 0) is 4.79 Å². The van der Waals surface area contributed by atoms with Gasteiger partial charge in [-0.25, -0.2) is 0 Å². The molecule has 1 amide bonds. The Balaban J connectivity index is 1.66. The Morgan fingerprint density at radius 1 is 1.00 bits per heavy atom. The fourth-order valence-electron chi connectivity index (χ4n) is 4.56. The minimum Gasteiger partial charge on any atom is -0.354 e. The first-order valence-electron chi connectivity index (χ1n) is 11.4. The van der Waals surface area contributed by atoms with E-state index in [-0.39, 0.29) is 17.4 Å². The van der Waals surface area contributed by atoms with Crippen molar-refractivity contribution in [2.75, 3.05) is 6.54 Å². The molecule has 2 aromatic heterocycles. The van der Waals surface area contributed by atoms with Crippen molar-refractivity contribution in [3.8, 4) is 5.69 Å². The molecule has 0 unspecified atom stereocenters. The van der Waals surface area contributed by atoms with Gasteiger partial charge in [-0.15, -0.1) is 0 Å². The molecule has 0 spiro atoms. The first-order chi connectivity index (χ1) is 15.9. The number of aromatic nitrogens is 3. The molecule has 0 aliphatic rings. The number of rotatable bonds is 7. The SMILES string of the molecule is CC[C@@H](C(=O)NC[C@@H](C)c1ccccc1)n1c(C)c2cnn(-c3ccccc3)c(=O)c2c1C. The number of nitrogens with one attached hydrogen (secondary N) is 1. The zero-order valence-electron chi connectivity index (χ0n) is 19.6. The highest BCUT2D eigenvalue weighted by Crippen LogP contribution is 2.28. The van der Waals surface area contributed by atoms with Crippen LogP contribution in [0.25, 0.3) is 16.5 Å². The molecule has 2 heterocycles. The summed E-state index contributed by atoms with van der Waals surface area (Å²) in [4.78, 5) is 26.6. The van der Waals surface area contributed by atoms with Gasteiger partial charge in [-0.1, -0.05) is 62.4 Å². The quantitative estimate of drug-likeness (QED) is 0.452. The van der Waals surface area contributed by atoms with E-state index in [1.165, 1.54) is 10.2 Å². The zero-order chi connectivity index (χ0) is 23.5. The second kappa shape index (κ2) is 9.45. The number of carbonyl (C=O) groups excluding carboxylic acids is 1. The van der Waals surface area contributed by atoms with Crippen molar-refractivity contribution >= 4 is 16.7 Å². The molecule has 2 atom stereocenters. The molecule has 1 N–H and O–H groups in total. The van der Waals surface area contributed by atoms with Gasteiger partial charge in [0.2, 0.25) is 5.91 Å². The predicted octanol–water partition coefficient (Wildman–Crippen LogP) is 4.68. The Bertz CT molecular complexity index is 1320. The highest BCUT2D eigenvalue weighted by Gasteiger charge is 2.26. The second-order valence-electron chi connectivity index (χ2n) is 8.51. The summed E-state index contributed by atoms with van der Waals surface area (Å²) in [7, 11) is 0. The van der Waals surface area contributed by atoms with E-state index in [4.69, 9.17) is 0 Å². The maximum absolute atomic E-state index is 13.4. The third kappa shape index (κ3) is 4.21. The van der Waals surface area contributed by atoms with Crippen LogP contribution in [0.2, 0.25) is 0 Å². The number of aryl methyl sites for hydroxylation is 2. The lowest BCUT2D eigenvalue weighted by Crippen LogP contribution is -2.35. The van der Waals surface area contributed by atoms with Crippen LogP contribution in [0.5, 0.6) is 0 Å². The van der Waals surface area contributed by atoms with E-state index in [2.05, 4.69) is 29.5 Å². The summed E-state index contributed by atoms with van der Waals surface area (Å²) in [6.07, 6.45) is 2.35. The van der Waals surface area contributed by atoms with Crippen LogP contribution in [0.15, 0.2) is 71.7 Å². The van der Waals surface area contributed by atoms with Gasteiger partial charge in [0.05, 0.1) is 17.3 Å². The molecule has 4 rings (SSSR count). The first kappa shape index (κ1) is 22.5. The third-order valence-electron chi connectivity index (χ3n) is 6.41. The maximum atomic E-state index is 13.4. The van der Waals surface area contributed by atoms with Gasteiger partial charge < -0.3 is 9.88 Å². The lowest BCUT2D eigenvalue weighted by atomic mass is 10.0. The van der Waals surface area contributed by atoms with Crippen LogP contribution < -0.4 is 10.9 Å². The Morgan fingerprint density at radius 3 is 2.27 bits per heavy atom. The van der Waals surface area contributed by atoms with E-state index in [9.17, 15) is 9.59 Å². The Hall–Kier alpha value is -3.67. The monoisotopic (exact) mass is 442 g/mol. The highest BCUT2D eigenvalue weighted by atomic mass is 16.2. The molecule has 0 aliphatic carbocycles. The van der Waals surface area contributed by atoms with Crippen molar-refractivity contribution in [3.63, 3.8) is 0 Å². The van der Waals surface area contributed by atoms with Gasteiger partial charge in [-0.3, -0.25) is 9.59 Å². The number of carbonyl (C=O) groups is 1. The van der Waals surface area contributed by atoms with E-state index >= 15 is 0 Å². The van der Waals surface area contributed by atoms with Crippen LogP contribution in [0.3, 0.4) is 0 Å². The van der Waals surface area contributed by atoms with Gasteiger partial charge >= 0.3 is 0 Å². The molecule has 0 saturated carbocycles. The third-order valence-corrected chi connectivity index (χ3v) is 6.41. The van der Waals surface area contributed by atoms with Crippen molar-refractivity contribution in [1.29, 1.82) is 0 Å². The fraction of sp³-hybridized carbons (Fsp3) is 0.296. The molecule has 0 saturated heterocycles. The molecule has 6 heteroatoms. The molecule has 0 bridgehead atoms. The molecule has 33 heavy (non-hydrogen) atoms. The van der Waals surface area contributed by atoms with Crippen molar-refractivity contribution in [2.45, 2.75) is 46.1 Å². The van der Waals surface area contributed by atoms with Crippen LogP contribution in [0.1, 0.15) is 49.2 Å². The largest absolute Gasteiger partial charge is 0.354 e. The van der Waals surface area contributed by atoms with Gasteiger partial charge in [0.15, 0.2) is 0 Å². The maximum Gasteiger partial charge on any atom is 0.281 e. The molecule has 4 aromatic rings. The number of nitrogens with zero attached hydrogens (tertiary/aromatic N) is 3. The summed E-state index contributed by atoms with van der Waals surface area (Å²) >= 11 is 0. The predicted molar refractivity (Wildman–Crippen MR) is 132 cm³/mol. The summed E-state index contributed by atoms with van der Waals surface area (Å²) in [6.45, 7) is 8.52. The van der Waals surface area contributed by atoms with Crippen molar-refractivity contribution in [1.82, 2.24) is 19.7 Å². The lowest BCUT2D eigenvalue weighted by molar-refractivity contribution is -0.124. The summed E-state index contributed by atoms with van der Waals surface area (Å²) in [6, 6.07) is 19.1. The standard InChI is InChI=1S/C27H30N4O2/c1-5-24(26(32)28-16-18(2)21-12-8-6-9-13-21)30-19(3)23-17-29-31(22-14-10-7-11-15-22)27(33)25(23)20(30)4/h6-15,17-18,24H,5,16H2,1-4H3,(H,28,32)/t18-,24+/m1/s1. The van der Waals surface area contributed by atoms with Crippen molar-refractivity contribution in [3.05, 3.63) is 94.2 Å². The summed E-state index contributed by atoms with van der Waals surface area (Å²) in [5.41, 5.74) is 3.40. The molecule has 0 aliphatic heterocycles. The smallest absolute Gasteiger partial charge is 0.281 e. The van der Waals surface area contributed by atoms with Gasteiger partial charge in [-0.2, -0.15) is 9.78 Å². The van der Waals surface area contributed by atoms with Crippen LogP contribution in [0, 0.1) is 13.8 Å². The van der Waals surface area contributed by atoms with Crippen LogP contribution in [0.4, 0.5) is 0 Å². The van der Waals surface area contributed by atoms with E-state index in [1.54, 1.807) is 6.20 Å². The van der Waals surface area contributed by atoms with Crippen molar-refractivity contribution in [2.24, 2.45) is 0 Å². The summed E-state index contributed by atoms with van der Waals surface area (Å²) in [5, 5.41) is 8.92. The summed E-state index contributed by atoms with van der Waals surface area (Å²) < 4.78 is 3.41. The minimum atomic E-state index is -0.398. The topological polar surface area (TPSA) is 68.9 Å². The number of hydrogen-bond acceptors (Lipinski definition) is 3. The first-order valence-corrected chi connectivity index (χ1v) is 11.4. The van der Waals surface area contributed by atoms with Gasteiger partial charge in [0.1, 0.15) is 6.04 Å². The lowest BCUT2D eigenvalue weighted by Gasteiger charge is -2.22. The van der Waals surface area contributed by atoms with E-state index < -0.39 is 6.04 Å². The van der Waals surface area contributed by atoms with Crippen LogP contribution >= 0.6 is 0 Å². The molecule has 170 valence electrons. The normalized spacial score (nSPS) is 13.1. The van der Waals surface area contributed by atoms with Gasteiger partial charge in [0.25, 0.3) is 5.56 Å². The molecular formula is C27H30N4O2. The molecule has 0 radical (unpaired) electrons. The van der Waals surface area contributed by atoms with Gasteiger partial charge in [-0.05, 0) is 43.9 Å². The molecule has 2 aromatic carbocycles. The van der Waals surface area contributed by atoms with Crippen LogP contribution in [-0.4, -0.2) is 26.8 Å². The average Bonchev–Trinajstić information content (AvgIpc) is 3.10. The Kier molecular flexibility index (Phi) is 6.45. The van der Waals surface area contributed by atoms with Crippen molar-refractivity contribution < 1.29 is 4.79 Å².